The van der Waals surface area contributed by atoms with Crippen LogP contribution in [0.2, 0.25) is 5.02 Å². The quantitative estimate of drug-likeness (QED) is 0.900. The number of ether oxygens (including phenoxy) is 1. The molecule has 0 amide bonds. The van der Waals surface area contributed by atoms with Crippen molar-refractivity contribution in [1.82, 2.24) is 10.3 Å². The number of rotatable bonds is 4. The Morgan fingerprint density at radius 1 is 1.37 bits per heavy atom. The van der Waals surface area contributed by atoms with Crippen molar-refractivity contribution < 1.29 is 4.74 Å². The van der Waals surface area contributed by atoms with E-state index in [0.717, 1.165) is 47.9 Å². The highest BCUT2D eigenvalue weighted by atomic mass is 35.5. The van der Waals surface area contributed by atoms with Crippen LogP contribution in [0.3, 0.4) is 0 Å². The normalized spacial score (nSPS) is 19.9. The second kappa shape index (κ2) is 5.95. The first kappa shape index (κ1) is 13.0. The molecule has 19 heavy (non-hydrogen) atoms. The van der Waals surface area contributed by atoms with Gasteiger partial charge in [-0.15, -0.1) is 0 Å². The molecule has 0 aliphatic carbocycles. The second-order valence-corrected chi connectivity index (χ2v) is 5.56. The second-order valence-electron chi connectivity index (χ2n) is 5.18. The van der Waals surface area contributed by atoms with Crippen molar-refractivity contribution in [3.8, 4) is 0 Å². The van der Waals surface area contributed by atoms with Gasteiger partial charge in [0.2, 0.25) is 0 Å². The molecule has 0 saturated carbocycles. The summed E-state index contributed by atoms with van der Waals surface area (Å²) in [6, 6.07) is 8.14. The number of aromatic nitrogens is 1. The maximum absolute atomic E-state index is 6.38. The molecule has 1 saturated heterocycles. The number of hydrogen-bond acceptors (Lipinski definition) is 2. The van der Waals surface area contributed by atoms with Gasteiger partial charge in [0, 0.05) is 36.3 Å². The van der Waals surface area contributed by atoms with Gasteiger partial charge >= 0.3 is 0 Å². The lowest BCUT2D eigenvalue weighted by Crippen LogP contribution is -2.29. The van der Waals surface area contributed by atoms with Crippen LogP contribution in [-0.2, 0) is 11.3 Å². The van der Waals surface area contributed by atoms with Crippen molar-refractivity contribution in [3.05, 3.63) is 35.0 Å². The molecule has 2 heterocycles. The van der Waals surface area contributed by atoms with E-state index >= 15 is 0 Å². The molecular weight excluding hydrogens is 260 g/mol. The zero-order valence-corrected chi connectivity index (χ0v) is 11.7. The highest BCUT2D eigenvalue weighted by Gasteiger charge is 2.14. The number of hydrogen-bond donors (Lipinski definition) is 2. The van der Waals surface area contributed by atoms with E-state index in [-0.39, 0.29) is 0 Å². The van der Waals surface area contributed by atoms with Crippen LogP contribution in [0.15, 0.2) is 24.3 Å². The Bertz CT molecular complexity index is 546. The van der Waals surface area contributed by atoms with Crippen molar-refractivity contribution in [1.29, 1.82) is 0 Å². The summed E-state index contributed by atoms with van der Waals surface area (Å²) in [6.07, 6.45) is 2.44. The summed E-state index contributed by atoms with van der Waals surface area (Å²) < 4.78 is 5.48. The fourth-order valence-electron chi connectivity index (χ4n) is 2.65. The van der Waals surface area contributed by atoms with E-state index in [1.54, 1.807) is 0 Å². The molecule has 2 aromatic rings. The zero-order chi connectivity index (χ0) is 13.1. The Kier molecular flexibility index (Phi) is 4.06. The SMILES string of the molecule is Clc1c(CNCC2CCCOC2)[nH]c2ccccc12. The molecular formula is C15H19ClN2O. The molecule has 1 aliphatic heterocycles. The molecule has 3 rings (SSSR count). The number of benzene rings is 1. The van der Waals surface area contributed by atoms with Gasteiger partial charge in [-0.2, -0.15) is 0 Å². The van der Waals surface area contributed by atoms with Crippen molar-refractivity contribution in [2.45, 2.75) is 19.4 Å². The molecule has 0 spiro atoms. The average Bonchev–Trinajstić information content (AvgIpc) is 2.78. The minimum absolute atomic E-state index is 0.636. The van der Waals surface area contributed by atoms with Gasteiger partial charge in [-0.1, -0.05) is 29.8 Å². The van der Waals surface area contributed by atoms with E-state index in [0.29, 0.717) is 5.92 Å². The van der Waals surface area contributed by atoms with E-state index in [1.807, 2.05) is 18.2 Å². The van der Waals surface area contributed by atoms with E-state index in [9.17, 15) is 0 Å². The largest absolute Gasteiger partial charge is 0.381 e. The van der Waals surface area contributed by atoms with E-state index in [2.05, 4.69) is 16.4 Å². The summed E-state index contributed by atoms with van der Waals surface area (Å²) in [4.78, 5) is 3.38. The Morgan fingerprint density at radius 2 is 2.26 bits per heavy atom. The molecule has 102 valence electrons. The molecule has 1 unspecified atom stereocenters. The lowest BCUT2D eigenvalue weighted by Gasteiger charge is -2.22. The predicted octanol–water partition coefficient (Wildman–Crippen LogP) is 3.34. The van der Waals surface area contributed by atoms with Crippen LogP contribution in [0.5, 0.6) is 0 Å². The monoisotopic (exact) mass is 278 g/mol. The van der Waals surface area contributed by atoms with Crippen molar-refractivity contribution in [3.63, 3.8) is 0 Å². The first-order chi connectivity index (χ1) is 9.34. The van der Waals surface area contributed by atoms with Gasteiger partial charge in [-0.25, -0.2) is 0 Å². The molecule has 1 atom stereocenters. The molecule has 2 N–H and O–H groups in total. The smallest absolute Gasteiger partial charge is 0.0705 e. The minimum atomic E-state index is 0.636. The minimum Gasteiger partial charge on any atom is -0.381 e. The summed E-state index contributed by atoms with van der Waals surface area (Å²) in [5.74, 6) is 0.636. The topological polar surface area (TPSA) is 37.0 Å². The fourth-order valence-corrected chi connectivity index (χ4v) is 2.93. The van der Waals surface area contributed by atoms with Gasteiger partial charge in [0.1, 0.15) is 0 Å². The molecule has 1 aliphatic rings. The lowest BCUT2D eigenvalue weighted by atomic mass is 10.0. The lowest BCUT2D eigenvalue weighted by molar-refractivity contribution is 0.0547. The highest BCUT2D eigenvalue weighted by Crippen LogP contribution is 2.27. The summed E-state index contributed by atoms with van der Waals surface area (Å²) in [7, 11) is 0. The summed E-state index contributed by atoms with van der Waals surface area (Å²) in [5, 5.41) is 5.41. The van der Waals surface area contributed by atoms with Crippen LogP contribution in [-0.4, -0.2) is 24.7 Å². The van der Waals surface area contributed by atoms with Crippen molar-refractivity contribution >= 4 is 22.5 Å². The van der Waals surface area contributed by atoms with Gasteiger partial charge in [-0.3, -0.25) is 0 Å². The molecule has 1 aromatic heterocycles. The van der Waals surface area contributed by atoms with Crippen LogP contribution < -0.4 is 5.32 Å². The van der Waals surface area contributed by atoms with E-state index < -0.39 is 0 Å². The molecule has 0 bridgehead atoms. The Labute approximate surface area is 118 Å². The highest BCUT2D eigenvalue weighted by molar-refractivity contribution is 6.36. The van der Waals surface area contributed by atoms with Crippen LogP contribution in [0, 0.1) is 5.92 Å². The number of halogens is 1. The molecule has 0 radical (unpaired) electrons. The third-order valence-electron chi connectivity index (χ3n) is 3.70. The first-order valence-corrected chi connectivity index (χ1v) is 7.26. The van der Waals surface area contributed by atoms with E-state index in [4.69, 9.17) is 16.3 Å². The van der Waals surface area contributed by atoms with Crippen molar-refractivity contribution in [2.75, 3.05) is 19.8 Å². The third kappa shape index (κ3) is 2.94. The maximum atomic E-state index is 6.38. The summed E-state index contributed by atoms with van der Waals surface area (Å²) >= 11 is 6.38. The number of H-pyrrole nitrogens is 1. The van der Waals surface area contributed by atoms with Gasteiger partial charge < -0.3 is 15.0 Å². The van der Waals surface area contributed by atoms with Crippen molar-refractivity contribution in [2.24, 2.45) is 5.92 Å². The van der Waals surface area contributed by atoms with Crippen LogP contribution in [0.4, 0.5) is 0 Å². The predicted molar refractivity (Wildman–Crippen MR) is 78.6 cm³/mol. The van der Waals surface area contributed by atoms with Gasteiger partial charge in [0.05, 0.1) is 11.6 Å². The number of para-hydroxylation sites is 1. The number of nitrogens with one attached hydrogen (secondary N) is 2. The Hall–Kier alpha value is -1.03. The molecule has 4 heteroatoms. The van der Waals surface area contributed by atoms with Gasteiger partial charge in [0.15, 0.2) is 0 Å². The van der Waals surface area contributed by atoms with Crippen LogP contribution in [0.25, 0.3) is 10.9 Å². The van der Waals surface area contributed by atoms with Gasteiger partial charge in [0.25, 0.3) is 0 Å². The first-order valence-electron chi connectivity index (χ1n) is 6.88. The average molecular weight is 279 g/mol. The number of fused-ring (bicyclic) bond motifs is 1. The van der Waals surface area contributed by atoms with E-state index in [1.165, 1.54) is 12.8 Å². The molecule has 3 nitrogen and oxygen atoms in total. The maximum Gasteiger partial charge on any atom is 0.0705 e. The third-order valence-corrected chi connectivity index (χ3v) is 4.14. The molecule has 1 fully saturated rings. The van der Waals surface area contributed by atoms with Crippen LogP contribution in [0.1, 0.15) is 18.5 Å². The number of aromatic amines is 1. The van der Waals surface area contributed by atoms with Crippen LogP contribution >= 0.6 is 11.6 Å². The summed E-state index contributed by atoms with van der Waals surface area (Å²) in [6.45, 7) is 3.58. The standard InChI is InChI=1S/C15H19ClN2O/c16-15-12-5-1-2-6-13(12)18-14(15)9-17-8-11-4-3-7-19-10-11/h1-2,5-6,11,17-18H,3-4,7-10H2. The fraction of sp³-hybridized carbons (Fsp3) is 0.467. The Morgan fingerprint density at radius 3 is 3.05 bits per heavy atom. The molecule has 1 aromatic carbocycles. The zero-order valence-electron chi connectivity index (χ0n) is 10.9. The summed E-state index contributed by atoms with van der Waals surface area (Å²) in [5.41, 5.74) is 2.17. The van der Waals surface area contributed by atoms with Gasteiger partial charge in [-0.05, 0) is 24.8 Å². The Balaban J connectivity index is 1.60.